The zero-order chi connectivity index (χ0) is 14.5. The van der Waals surface area contributed by atoms with Gasteiger partial charge in [-0.25, -0.2) is 4.79 Å². The van der Waals surface area contributed by atoms with Gasteiger partial charge in [-0.1, -0.05) is 25.1 Å². The SMILES string of the molecule is CCN(Cc1cccs1)Cc1cccc(N)c1C(=O)O. The molecule has 0 radical (unpaired) electrons. The number of hydrogen-bond donors (Lipinski definition) is 2. The summed E-state index contributed by atoms with van der Waals surface area (Å²) in [7, 11) is 0. The van der Waals surface area contributed by atoms with Crippen LogP contribution in [-0.4, -0.2) is 22.5 Å². The predicted molar refractivity (Wildman–Crippen MR) is 81.9 cm³/mol. The maximum atomic E-state index is 11.3. The van der Waals surface area contributed by atoms with Crippen molar-refractivity contribution >= 4 is 23.0 Å². The Hall–Kier alpha value is -1.85. The Morgan fingerprint density at radius 2 is 2.10 bits per heavy atom. The highest BCUT2D eigenvalue weighted by atomic mass is 32.1. The topological polar surface area (TPSA) is 66.6 Å². The van der Waals surface area contributed by atoms with Crippen LogP contribution in [0, 0.1) is 0 Å². The molecule has 0 aliphatic carbocycles. The minimum Gasteiger partial charge on any atom is -0.478 e. The van der Waals surface area contributed by atoms with Crippen molar-refractivity contribution in [3.8, 4) is 0 Å². The van der Waals surface area contributed by atoms with Crippen LogP contribution < -0.4 is 5.73 Å². The van der Waals surface area contributed by atoms with E-state index in [-0.39, 0.29) is 5.56 Å². The van der Waals surface area contributed by atoms with Crippen LogP contribution in [0.1, 0.15) is 27.7 Å². The van der Waals surface area contributed by atoms with Gasteiger partial charge in [0.15, 0.2) is 0 Å². The van der Waals surface area contributed by atoms with E-state index in [1.165, 1.54) is 4.88 Å². The molecule has 2 aromatic rings. The molecule has 106 valence electrons. The van der Waals surface area contributed by atoms with Gasteiger partial charge >= 0.3 is 5.97 Å². The minimum absolute atomic E-state index is 0.220. The molecular formula is C15H18N2O2S. The highest BCUT2D eigenvalue weighted by Gasteiger charge is 2.16. The molecule has 0 saturated heterocycles. The molecule has 2 rings (SSSR count). The molecule has 0 aliphatic heterocycles. The van der Waals surface area contributed by atoms with E-state index >= 15 is 0 Å². The first-order chi connectivity index (χ1) is 9.61. The number of carboxylic acid groups (broad SMARTS) is 1. The van der Waals surface area contributed by atoms with Crippen molar-refractivity contribution < 1.29 is 9.90 Å². The van der Waals surface area contributed by atoms with E-state index in [0.717, 1.165) is 18.7 Å². The van der Waals surface area contributed by atoms with Crippen molar-refractivity contribution in [1.82, 2.24) is 4.90 Å². The van der Waals surface area contributed by atoms with E-state index in [1.54, 1.807) is 23.5 Å². The number of nitrogens with zero attached hydrogens (tertiary/aromatic N) is 1. The molecule has 1 aromatic carbocycles. The van der Waals surface area contributed by atoms with Crippen LogP contribution in [-0.2, 0) is 13.1 Å². The summed E-state index contributed by atoms with van der Waals surface area (Å²) < 4.78 is 0. The quantitative estimate of drug-likeness (QED) is 0.802. The van der Waals surface area contributed by atoms with Crippen molar-refractivity contribution in [2.24, 2.45) is 0 Å². The standard InChI is InChI=1S/C15H18N2O2S/c1-2-17(10-12-6-4-8-20-12)9-11-5-3-7-13(16)14(11)15(18)19/h3-8H,2,9-10,16H2,1H3,(H,18,19). The number of benzene rings is 1. The van der Waals surface area contributed by atoms with Crippen molar-refractivity contribution in [3.05, 3.63) is 51.7 Å². The lowest BCUT2D eigenvalue weighted by Crippen LogP contribution is -2.23. The zero-order valence-corrected chi connectivity index (χ0v) is 12.2. The average Bonchev–Trinajstić information content (AvgIpc) is 2.90. The third-order valence-corrected chi connectivity index (χ3v) is 4.06. The number of hydrogen-bond acceptors (Lipinski definition) is 4. The van der Waals surface area contributed by atoms with Gasteiger partial charge in [0.1, 0.15) is 0 Å². The molecule has 0 saturated carbocycles. The molecule has 0 unspecified atom stereocenters. The Kier molecular flexibility index (Phi) is 4.76. The van der Waals surface area contributed by atoms with Crippen molar-refractivity contribution in [3.63, 3.8) is 0 Å². The molecule has 0 fully saturated rings. The molecular weight excluding hydrogens is 272 g/mol. The average molecular weight is 290 g/mol. The molecule has 3 N–H and O–H groups in total. The molecule has 0 atom stereocenters. The van der Waals surface area contributed by atoms with E-state index in [2.05, 4.69) is 17.9 Å². The maximum absolute atomic E-state index is 11.3. The predicted octanol–water partition coefficient (Wildman–Crippen LogP) is 3.05. The molecule has 1 aromatic heterocycles. The molecule has 4 nitrogen and oxygen atoms in total. The first-order valence-electron chi connectivity index (χ1n) is 6.47. The summed E-state index contributed by atoms with van der Waals surface area (Å²) in [6.07, 6.45) is 0. The fourth-order valence-corrected chi connectivity index (χ4v) is 2.90. The number of nitrogen functional groups attached to an aromatic ring is 1. The Morgan fingerprint density at radius 3 is 2.70 bits per heavy atom. The lowest BCUT2D eigenvalue weighted by atomic mass is 10.0. The van der Waals surface area contributed by atoms with Gasteiger partial charge in [0.2, 0.25) is 0 Å². The zero-order valence-electron chi connectivity index (χ0n) is 11.4. The fraction of sp³-hybridized carbons (Fsp3) is 0.267. The number of carbonyl (C=O) groups is 1. The number of nitrogens with two attached hydrogens (primary N) is 1. The van der Waals surface area contributed by atoms with E-state index in [9.17, 15) is 9.90 Å². The third-order valence-electron chi connectivity index (χ3n) is 3.20. The number of anilines is 1. The Labute approximate surface area is 122 Å². The lowest BCUT2D eigenvalue weighted by molar-refractivity contribution is 0.0695. The van der Waals surface area contributed by atoms with Gasteiger partial charge in [0.05, 0.1) is 5.56 Å². The molecule has 0 aliphatic rings. The fourth-order valence-electron chi connectivity index (χ4n) is 2.16. The van der Waals surface area contributed by atoms with Gasteiger partial charge in [-0.05, 0) is 29.6 Å². The smallest absolute Gasteiger partial charge is 0.338 e. The van der Waals surface area contributed by atoms with E-state index in [4.69, 9.17) is 5.73 Å². The number of rotatable bonds is 6. The van der Waals surface area contributed by atoms with Crippen LogP contribution in [0.25, 0.3) is 0 Å². The maximum Gasteiger partial charge on any atom is 0.338 e. The number of carboxylic acids is 1. The summed E-state index contributed by atoms with van der Waals surface area (Å²) >= 11 is 1.71. The van der Waals surface area contributed by atoms with Crippen molar-refractivity contribution in [1.29, 1.82) is 0 Å². The molecule has 0 amide bonds. The third kappa shape index (κ3) is 3.37. The number of thiophene rings is 1. The molecule has 20 heavy (non-hydrogen) atoms. The Morgan fingerprint density at radius 1 is 1.30 bits per heavy atom. The first kappa shape index (κ1) is 14.6. The van der Waals surface area contributed by atoms with Gasteiger partial charge in [-0.3, -0.25) is 4.90 Å². The monoisotopic (exact) mass is 290 g/mol. The van der Waals surface area contributed by atoms with Crippen LogP contribution in [0.2, 0.25) is 0 Å². The number of aromatic carboxylic acids is 1. The summed E-state index contributed by atoms with van der Waals surface area (Å²) in [5.74, 6) is -0.967. The van der Waals surface area contributed by atoms with E-state index < -0.39 is 5.97 Å². The summed E-state index contributed by atoms with van der Waals surface area (Å²) in [6.45, 7) is 4.33. The lowest BCUT2D eigenvalue weighted by Gasteiger charge is -2.21. The van der Waals surface area contributed by atoms with E-state index in [0.29, 0.717) is 12.2 Å². The van der Waals surface area contributed by atoms with Gasteiger partial charge in [-0.15, -0.1) is 11.3 Å². The second-order valence-corrected chi connectivity index (χ2v) is 5.60. The van der Waals surface area contributed by atoms with Crippen LogP contribution in [0.5, 0.6) is 0 Å². The van der Waals surface area contributed by atoms with Crippen LogP contribution in [0.4, 0.5) is 5.69 Å². The molecule has 0 spiro atoms. The Balaban J connectivity index is 2.19. The second-order valence-electron chi connectivity index (χ2n) is 4.57. The van der Waals surface area contributed by atoms with Crippen LogP contribution >= 0.6 is 11.3 Å². The van der Waals surface area contributed by atoms with Gasteiger partial charge in [0, 0.05) is 23.7 Å². The minimum atomic E-state index is -0.967. The van der Waals surface area contributed by atoms with Crippen LogP contribution in [0.3, 0.4) is 0 Å². The summed E-state index contributed by atoms with van der Waals surface area (Å²) in [6, 6.07) is 9.37. The van der Waals surface area contributed by atoms with Crippen molar-refractivity contribution in [2.45, 2.75) is 20.0 Å². The van der Waals surface area contributed by atoms with Crippen molar-refractivity contribution in [2.75, 3.05) is 12.3 Å². The van der Waals surface area contributed by atoms with Gasteiger partial charge < -0.3 is 10.8 Å². The summed E-state index contributed by atoms with van der Waals surface area (Å²) in [5, 5.41) is 11.3. The first-order valence-corrected chi connectivity index (χ1v) is 7.35. The van der Waals surface area contributed by atoms with Gasteiger partial charge in [0.25, 0.3) is 0 Å². The molecule has 5 heteroatoms. The second kappa shape index (κ2) is 6.54. The largest absolute Gasteiger partial charge is 0.478 e. The van der Waals surface area contributed by atoms with Crippen LogP contribution in [0.15, 0.2) is 35.7 Å². The van der Waals surface area contributed by atoms with E-state index in [1.807, 2.05) is 17.5 Å². The van der Waals surface area contributed by atoms with Gasteiger partial charge in [-0.2, -0.15) is 0 Å². The molecule has 0 bridgehead atoms. The highest BCUT2D eigenvalue weighted by molar-refractivity contribution is 7.09. The summed E-state index contributed by atoms with van der Waals surface area (Å²) in [4.78, 5) is 14.8. The summed E-state index contributed by atoms with van der Waals surface area (Å²) in [5.41, 5.74) is 7.08. The highest BCUT2D eigenvalue weighted by Crippen LogP contribution is 2.20. The molecule has 1 heterocycles. The Bertz CT molecular complexity index is 582. The normalized spacial score (nSPS) is 10.9.